The molecule has 3 saturated heterocycles. The Morgan fingerprint density at radius 2 is 1.67 bits per heavy atom. The molecule has 11 nitrogen and oxygen atoms in total. The van der Waals surface area contributed by atoms with Gasteiger partial charge in [0.05, 0.1) is 13.7 Å². The van der Waals surface area contributed by atoms with Gasteiger partial charge in [-0.25, -0.2) is 0 Å². The van der Waals surface area contributed by atoms with E-state index >= 15 is 0 Å². The number of carbonyl (C=O) groups is 5. The number of amides is 4. The number of carbonyl (C=O) groups excluding carboxylic acids is 5. The fraction of sp³-hybridized carbons (Fsp3) is 0.656. The molecule has 3 fully saturated rings. The maximum absolute atomic E-state index is 13.9. The standard InChI is InChI=1S/C32H46N4O7/c1-4-20(2)28-32(41)36-17-9-8-11-25(36)31(40)33-23(10-6-5-7-12-26(37)27-19-43-27)29(38)34-24(30(39)35-28)18-21-13-15-22(42-3)16-14-21/h13-16,20,23-25,27-28H,4-12,17-19H2,1-3H3,(H,33,40)(H,34,38)(H,35,39)/t20-,23-,24+,25-,27-,28+/m0/s1. The number of ketones is 1. The summed E-state index contributed by atoms with van der Waals surface area (Å²) in [7, 11) is 1.57. The zero-order valence-corrected chi connectivity index (χ0v) is 25.6. The molecule has 3 aliphatic rings. The molecule has 1 aromatic rings. The number of benzene rings is 1. The van der Waals surface area contributed by atoms with Gasteiger partial charge in [0.2, 0.25) is 23.6 Å². The number of fused-ring (bicyclic) bond motifs is 1. The number of nitrogens with zero attached hydrogens (tertiary/aromatic N) is 1. The molecule has 3 heterocycles. The maximum Gasteiger partial charge on any atom is 0.246 e. The summed E-state index contributed by atoms with van der Waals surface area (Å²) in [6, 6.07) is 3.86. The summed E-state index contributed by atoms with van der Waals surface area (Å²) < 4.78 is 10.3. The second-order valence-electron chi connectivity index (χ2n) is 12.0. The Kier molecular flexibility index (Phi) is 11.6. The van der Waals surface area contributed by atoms with E-state index in [0.29, 0.717) is 63.8 Å². The van der Waals surface area contributed by atoms with E-state index in [-0.39, 0.29) is 36.0 Å². The van der Waals surface area contributed by atoms with E-state index in [2.05, 4.69) is 16.0 Å². The molecule has 6 atom stereocenters. The van der Waals surface area contributed by atoms with Crippen LogP contribution in [0.3, 0.4) is 0 Å². The van der Waals surface area contributed by atoms with Gasteiger partial charge in [-0.15, -0.1) is 0 Å². The first-order valence-electron chi connectivity index (χ1n) is 15.7. The van der Waals surface area contributed by atoms with Crippen molar-refractivity contribution in [2.45, 2.75) is 108 Å². The third-order valence-corrected chi connectivity index (χ3v) is 8.84. The van der Waals surface area contributed by atoms with Crippen molar-refractivity contribution in [1.82, 2.24) is 20.9 Å². The van der Waals surface area contributed by atoms with Crippen LogP contribution in [-0.4, -0.2) is 84.8 Å². The fourth-order valence-electron chi connectivity index (χ4n) is 5.82. The van der Waals surface area contributed by atoms with Crippen LogP contribution in [-0.2, 0) is 35.1 Å². The molecule has 3 aliphatic heterocycles. The fourth-order valence-corrected chi connectivity index (χ4v) is 5.82. The minimum absolute atomic E-state index is 0.0993. The van der Waals surface area contributed by atoms with Gasteiger partial charge in [-0.1, -0.05) is 45.2 Å². The smallest absolute Gasteiger partial charge is 0.246 e. The van der Waals surface area contributed by atoms with Gasteiger partial charge < -0.3 is 30.3 Å². The van der Waals surface area contributed by atoms with Crippen LogP contribution in [0.2, 0.25) is 0 Å². The van der Waals surface area contributed by atoms with E-state index in [1.165, 1.54) is 0 Å². The second-order valence-corrected chi connectivity index (χ2v) is 12.0. The summed E-state index contributed by atoms with van der Waals surface area (Å²) in [4.78, 5) is 68.6. The van der Waals surface area contributed by atoms with Crippen molar-refractivity contribution in [2.24, 2.45) is 5.92 Å². The third kappa shape index (κ3) is 8.78. The van der Waals surface area contributed by atoms with Crippen LogP contribution in [0.1, 0.15) is 77.2 Å². The molecule has 0 unspecified atom stereocenters. The minimum Gasteiger partial charge on any atom is -0.497 e. The molecular formula is C32H46N4O7. The number of hydrogen-bond acceptors (Lipinski definition) is 7. The van der Waals surface area contributed by atoms with Crippen molar-refractivity contribution in [3.63, 3.8) is 0 Å². The summed E-state index contributed by atoms with van der Waals surface area (Å²) >= 11 is 0. The average molecular weight is 599 g/mol. The molecule has 0 saturated carbocycles. The number of piperidine rings is 1. The Bertz CT molecular complexity index is 1150. The van der Waals surface area contributed by atoms with Gasteiger partial charge in [-0.3, -0.25) is 24.0 Å². The van der Waals surface area contributed by atoms with E-state index in [9.17, 15) is 24.0 Å². The highest BCUT2D eigenvalue weighted by Gasteiger charge is 2.40. The topological polar surface area (TPSA) is 146 Å². The first kappa shape index (κ1) is 32.4. The molecule has 0 spiro atoms. The summed E-state index contributed by atoms with van der Waals surface area (Å²) in [5.41, 5.74) is 0.806. The van der Waals surface area contributed by atoms with Gasteiger partial charge >= 0.3 is 0 Å². The van der Waals surface area contributed by atoms with Crippen molar-refractivity contribution in [1.29, 1.82) is 0 Å². The van der Waals surface area contributed by atoms with Gasteiger partial charge in [0.1, 0.15) is 36.0 Å². The average Bonchev–Trinajstić information content (AvgIpc) is 3.87. The Hall–Kier alpha value is -3.47. The Morgan fingerprint density at radius 1 is 0.977 bits per heavy atom. The first-order valence-corrected chi connectivity index (χ1v) is 15.7. The van der Waals surface area contributed by atoms with Gasteiger partial charge in [0, 0.05) is 19.4 Å². The van der Waals surface area contributed by atoms with Crippen LogP contribution in [0.5, 0.6) is 5.75 Å². The van der Waals surface area contributed by atoms with E-state index in [1.807, 2.05) is 26.0 Å². The minimum atomic E-state index is -0.965. The summed E-state index contributed by atoms with van der Waals surface area (Å²) in [5.74, 6) is -0.907. The highest BCUT2D eigenvalue weighted by molar-refractivity contribution is 5.97. The molecule has 43 heavy (non-hydrogen) atoms. The molecule has 4 rings (SSSR count). The monoisotopic (exact) mass is 598 g/mol. The molecule has 11 heteroatoms. The Balaban J connectivity index is 1.56. The molecular weight excluding hydrogens is 552 g/mol. The molecule has 4 amide bonds. The predicted molar refractivity (Wildman–Crippen MR) is 159 cm³/mol. The van der Waals surface area contributed by atoms with Gasteiger partial charge in [0.25, 0.3) is 0 Å². The number of hydrogen-bond donors (Lipinski definition) is 3. The van der Waals surface area contributed by atoms with E-state index < -0.39 is 36.0 Å². The van der Waals surface area contributed by atoms with Crippen LogP contribution in [0.25, 0.3) is 0 Å². The quantitative estimate of drug-likeness (QED) is 0.247. The largest absolute Gasteiger partial charge is 0.497 e. The number of epoxide rings is 1. The Labute approximate surface area is 253 Å². The molecule has 0 bridgehead atoms. The molecule has 1 aromatic carbocycles. The SMILES string of the molecule is CC[C@H](C)[C@H]1NC(=O)[C@@H](Cc2ccc(OC)cc2)NC(=O)[C@H](CCCCCC(=O)[C@@H]2CO2)NC(=O)[C@@H]2CCCCN2C1=O. The van der Waals surface area contributed by atoms with Crippen molar-refractivity contribution in [2.75, 3.05) is 20.3 Å². The lowest BCUT2D eigenvalue weighted by Crippen LogP contribution is -2.64. The van der Waals surface area contributed by atoms with E-state index in [0.717, 1.165) is 18.4 Å². The lowest BCUT2D eigenvalue weighted by atomic mass is 9.93. The van der Waals surface area contributed by atoms with E-state index in [4.69, 9.17) is 9.47 Å². The van der Waals surface area contributed by atoms with Crippen molar-refractivity contribution in [3.8, 4) is 5.75 Å². The number of rotatable bonds is 12. The van der Waals surface area contributed by atoms with Crippen molar-refractivity contribution in [3.05, 3.63) is 29.8 Å². The van der Waals surface area contributed by atoms with Crippen molar-refractivity contribution >= 4 is 29.4 Å². The molecule has 236 valence electrons. The number of methoxy groups -OCH3 is 1. The van der Waals surface area contributed by atoms with Crippen LogP contribution < -0.4 is 20.7 Å². The van der Waals surface area contributed by atoms with Crippen LogP contribution in [0.4, 0.5) is 0 Å². The lowest BCUT2D eigenvalue weighted by Gasteiger charge is -2.39. The molecule has 0 aliphatic carbocycles. The normalized spacial score (nSPS) is 27.0. The molecule has 3 N–H and O–H groups in total. The lowest BCUT2D eigenvalue weighted by molar-refractivity contribution is -0.147. The number of unbranched alkanes of at least 4 members (excludes halogenated alkanes) is 2. The predicted octanol–water partition coefficient (Wildman–Crippen LogP) is 2.05. The van der Waals surface area contributed by atoms with Gasteiger partial charge in [0.15, 0.2) is 5.78 Å². The summed E-state index contributed by atoms with van der Waals surface area (Å²) in [6.45, 7) is 4.78. The summed E-state index contributed by atoms with van der Waals surface area (Å²) in [6.07, 6.45) is 5.41. The number of ether oxygens (including phenoxy) is 2. The number of Topliss-reactive ketones (excluding diaryl/α,β-unsaturated/α-hetero) is 1. The van der Waals surface area contributed by atoms with Crippen LogP contribution in [0, 0.1) is 5.92 Å². The highest BCUT2D eigenvalue weighted by Crippen LogP contribution is 2.23. The zero-order chi connectivity index (χ0) is 30.9. The Morgan fingerprint density at radius 3 is 2.35 bits per heavy atom. The molecule has 0 aromatic heterocycles. The van der Waals surface area contributed by atoms with Gasteiger partial charge in [-0.05, 0) is 55.7 Å². The van der Waals surface area contributed by atoms with Crippen LogP contribution >= 0.6 is 0 Å². The van der Waals surface area contributed by atoms with Gasteiger partial charge in [-0.2, -0.15) is 0 Å². The second kappa shape index (κ2) is 15.3. The third-order valence-electron chi connectivity index (χ3n) is 8.84. The number of nitrogens with one attached hydrogen (secondary N) is 3. The highest BCUT2D eigenvalue weighted by atomic mass is 16.6. The molecule has 0 radical (unpaired) electrons. The summed E-state index contributed by atoms with van der Waals surface area (Å²) in [5, 5.41) is 8.76. The maximum atomic E-state index is 13.9. The first-order chi connectivity index (χ1) is 20.7. The van der Waals surface area contributed by atoms with Crippen LogP contribution in [0.15, 0.2) is 24.3 Å². The zero-order valence-electron chi connectivity index (χ0n) is 25.6. The van der Waals surface area contributed by atoms with Crippen molar-refractivity contribution < 1.29 is 33.4 Å². The van der Waals surface area contributed by atoms with E-state index in [1.54, 1.807) is 24.1 Å².